The standard InChI is InChI=1S/C25H28N4O2/c1-17-14-18(2)22(19(3)15-17)16-28-25(30)21-6-4-20(5-7-21)23-24(27-9-8-26-23)29-10-12-31-13-11-29/h4-9,14-15H,10-13,16H2,1-3H3,(H,28,30). The van der Waals surface area contributed by atoms with Crippen LogP contribution in [0.2, 0.25) is 0 Å². The normalized spacial score (nSPS) is 13.8. The molecular weight excluding hydrogens is 388 g/mol. The Balaban J connectivity index is 1.48. The molecule has 0 aliphatic carbocycles. The summed E-state index contributed by atoms with van der Waals surface area (Å²) in [6.45, 7) is 9.75. The maximum absolute atomic E-state index is 12.7. The van der Waals surface area contributed by atoms with Crippen LogP contribution in [0.3, 0.4) is 0 Å². The Labute approximate surface area is 183 Å². The summed E-state index contributed by atoms with van der Waals surface area (Å²) in [6, 6.07) is 11.9. The van der Waals surface area contributed by atoms with Crippen molar-refractivity contribution >= 4 is 11.7 Å². The van der Waals surface area contributed by atoms with E-state index < -0.39 is 0 Å². The Hall–Kier alpha value is -3.25. The third-order valence-corrected chi connectivity index (χ3v) is 5.68. The minimum atomic E-state index is -0.0847. The largest absolute Gasteiger partial charge is 0.378 e. The number of hydrogen-bond donors (Lipinski definition) is 1. The number of carbonyl (C=O) groups is 1. The van der Waals surface area contributed by atoms with Gasteiger partial charge in [0.05, 0.1) is 13.2 Å². The van der Waals surface area contributed by atoms with Crippen LogP contribution in [0.15, 0.2) is 48.8 Å². The summed E-state index contributed by atoms with van der Waals surface area (Å²) in [6.07, 6.45) is 3.41. The van der Waals surface area contributed by atoms with Gasteiger partial charge in [0.1, 0.15) is 5.69 Å². The predicted molar refractivity (Wildman–Crippen MR) is 122 cm³/mol. The summed E-state index contributed by atoms with van der Waals surface area (Å²) in [4.78, 5) is 24.0. The Morgan fingerprint density at radius 3 is 2.32 bits per heavy atom. The number of amides is 1. The molecule has 31 heavy (non-hydrogen) atoms. The third-order valence-electron chi connectivity index (χ3n) is 5.68. The van der Waals surface area contributed by atoms with Crippen molar-refractivity contribution in [3.63, 3.8) is 0 Å². The van der Waals surface area contributed by atoms with Crippen LogP contribution in [-0.4, -0.2) is 42.2 Å². The van der Waals surface area contributed by atoms with Crippen LogP contribution >= 0.6 is 0 Å². The maximum atomic E-state index is 12.7. The van der Waals surface area contributed by atoms with Crippen molar-refractivity contribution in [2.24, 2.45) is 0 Å². The number of ether oxygens (including phenoxy) is 1. The lowest BCUT2D eigenvalue weighted by Gasteiger charge is -2.28. The van der Waals surface area contributed by atoms with Crippen LogP contribution < -0.4 is 10.2 Å². The van der Waals surface area contributed by atoms with Gasteiger partial charge in [-0.15, -0.1) is 0 Å². The van der Waals surface area contributed by atoms with Crippen molar-refractivity contribution in [2.45, 2.75) is 27.3 Å². The minimum Gasteiger partial charge on any atom is -0.378 e. The summed E-state index contributed by atoms with van der Waals surface area (Å²) in [5.41, 5.74) is 7.20. The molecule has 3 aromatic rings. The van der Waals surface area contributed by atoms with E-state index in [1.165, 1.54) is 22.3 Å². The Morgan fingerprint density at radius 1 is 1.00 bits per heavy atom. The number of aromatic nitrogens is 2. The first-order chi connectivity index (χ1) is 15.0. The van der Waals surface area contributed by atoms with Crippen LogP contribution in [0.1, 0.15) is 32.6 Å². The molecule has 1 amide bonds. The van der Waals surface area contributed by atoms with Crippen molar-refractivity contribution in [3.05, 3.63) is 76.6 Å². The van der Waals surface area contributed by atoms with Gasteiger partial charge in [0.25, 0.3) is 5.91 Å². The molecule has 0 unspecified atom stereocenters. The zero-order valence-electron chi connectivity index (χ0n) is 18.3. The smallest absolute Gasteiger partial charge is 0.251 e. The van der Waals surface area contributed by atoms with Crippen LogP contribution in [0.4, 0.5) is 5.82 Å². The number of morpholine rings is 1. The van der Waals surface area contributed by atoms with Crippen molar-refractivity contribution in [1.29, 1.82) is 0 Å². The third kappa shape index (κ3) is 4.75. The molecule has 4 rings (SSSR count). The van der Waals surface area contributed by atoms with Gasteiger partial charge in [-0.3, -0.25) is 9.78 Å². The topological polar surface area (TPSA) is 67.4 Å². The summed E-state index contributed by atoms with van der Waals surface area (Å²) >= 11 is 0. The van der Waals surface area contributed by atoms with E-state index in [9.17, 15) is 4.79 Å². The first-order valence-corrected chi connectivity index (χ1v) is 10.6. The molecule has 6 heteroatoms. The molecule has 2 aromatic carbocycles. The summed E-state index contributed by atoms with van der Waals surface area (Å²) in [7, 11) is 0. The van der Waals surface area contributed by atoms with Crippen molar-refractivity contribution in [3.8, 4) is 11.3 Å². The number of rotatable bonds is 5. The second kappa shape index (κ2) is 9.27. The zero-order chi connectivity index (χ0) is 21.8. The van der Waals surface area contributed by atoms with Gasteiger partial charge in [-0.25, -0.2) is 4.98 Å². The molecule has 1 aliphatic heterocycles. The SMILES string of the molecule is Cc1cc(C)c(CNC(=O)c2ccc(-c3nccnc3N3CCOCC3)cc2)c(C)c1. The molecule has 1 saturated heterocycles. The maximum Gasteiger partial charge on any atom is 0.251 e. The highest BCUT2D eigenvalue weighted by molar-refractivity contribution is 5.94. The summed E-state index contributed by atoms with van der Waals surface area (Å²) in [5, 5.41) is 3.05. The van der Waals surface area contributed by atoms with Crippen molar-refractivity contribution in [1.82, 2.24) is 15.3 Å². The average molecular weight is 417 g/mol. The number of aryl methyl sites for hydroxylation is 3. The molecule has 6 nitrogen and oxygen atoms in total. The van der Waals surface area contributed by atoms with Gasteiger partial charge >= 0.3 is 0 Å². The summed E-state index contributed by atoms with van der Waals surface area (Å²) < 4.78 is 5.45. The van der Waals surface area contributed by atoms with Crippen molar-refractivity contribution < 1.29 is 9.53 Å². The van der Waals surface area contributed by atoms with E-state index in [1.807, 2.05) is 24.3 Å². The van der Waals surface area contributed by atoms with Crippen LogP contribution in [0.25, 0.3) is 11.3 Å². The molecule has 2 heterocycles. The molecule has 0 atom stereocenters. The minimum absolute atomic E-state index is 0.0847. The quantitative estimate of drug-likeness (QED) is 0.685. The van der Waals surface area contributed by atoms with Gasteiger partial charge in [-0.1, -0.05) is 29.8 Å². The Kier molecular flexibility index (Phi) is 6.28. The second-order valence-electron chi connectivity index (χ2n) is 7.97. The molecule has 0 spiro atoms. The highest BCUT2D eigenvalue weighted by Crippen LogP contribution is 2.27. The molecule has 1 aliphatic rings. The second-order valence-corrected chi connectivity index (χ2v) is 7.97. The van der Waals surface area contributed by atoms with E-state index in [0.717, 1.165) is 30.2 Å². The molecule has 1 aromatic heterocycles. The molecular formula is C25H28N4O2. The number of hydrogen-bond acceptors (Lipinski definition) is 5. The van der Waals surface area contributed by atoms with Crippen LogP contribution in [0.5, 0.6) is 0 Å². The highest BCUT2D eigenvalue weighted by atomic mass is 16.5. The molecule has 0 saturated carbocycles. The fourth-order valence-corrected chi connectivity index (χ4v) is 4.08. The lowest BCUT2D eigenvalue weighted by atomic mass is 9.99. The van der Waals surface area contributed by atoms with Crippen molar-refractivity contribution in [2.75, 3.05) is 31.2 Å². The lowest BCUT2D eigenvalue weighted by Crippen LogP contribution is -2.37. The molecule has 1 N–H and O–H groups in total. The van der Waals surface area contributed by atoms with Gasteiger partial charge in [0, 0.05) is 43.2 Å². The molecule has 1 fully saturated rings. The number of nitrogens with zero attached hydrogens (tertiary/aromatic N) is 3. The predicted octanol–water partition coefficient (Wildman–Crippen LogP) is 3.84. The molecule has 160 valence electrons. The van der Waals surface area contributed by atoms with E-state index in [0.29, 0.717) is 25.3 Å². The van der Waals surface area contributed by atoms with Gasteiger partial charge in [-0.2, -0.15) is 0 Å². The molecule has 0 bridgehead atoms. The first-order valence-electron chi connectivity index (χ1n) is 10.6. The van der Waals surface area contributed by atoms with Gasteiger partial charge < -0.3 is 15.0 Å². The lowest BCUT2D eigenvalue weighted by molar-refractivity contribution is 0.0951. The van der Waals surface area contributed by atoms with E-state index in [-0.39, 0.29) is 5.91 Å². The number of nitrogens with one attached hydrogen (secondary N) is 1. The fourth-order valence-electron chi connectivity index (χ4n) is 4.08. The number of benzene rings is 2. The van der Waals surface area contributed by atoms with Crippen LogP contribution in [0, 0.1) is 20.8 Å². The average Bonchev–Trinajstić information content (AvgIpc) is 2.79. The Bertz CT molecular complexity index is 1050. The monoisotopic (exact) mass is 416 g/mol. The number of carbonyl (C=O) groups excluding carboxylic acids is 1. The summed E-state index contributed by atoms with van der Waals surface area (Å²) in [5.74, 6) is 0.770. The van der Waals surface area contributed by atoms with Gasteiger partial charge in [-0.05, 0) is 49.6 Å². The highest BCUT2D eigenvalue weighted by Gasteiger charge is 2.18. The van der Waals surface area contributed by atoms with E-state index in [2.05, 4.69) is 53.1 Å². The van der Waals surface area contributed by atoms with Crippen LogP contribution in [-0.2, 0) is 11.3 Å². The fraction of sp³-hybridized carbons (Fsp3) is 0.320. The first kappa shape index (κ1) is 21.0. The van der Waals surface area contributed by atoms with Gasteiger partial charge in [0.15, 0.2) is 5.82 Å². The van der Waals surface area contributed by atoms with E-state index in [1.54, 1.807) is 12.4 Å². The number of anilines is 1. The van der Waals surface area contributed by atoms with E-state index in [4.69, 9.17) is 4.74 Å². The zero-order valence-corrected chi connectivity index (χ0v) is 18.3. The van der Waals surface area contributed by atoms with E-state index >= 15 is 0 Å². The van der Waals surface area contributed by atoms with Gasteiger partial charge in [0.2, 0.25) is 0 Å². The Morgan fingerprint density at radius 2 is 1.65 bits per heavy atom. The molecule has 0 radical (unpaired) electrons.